The highest BCUT2D eigenvalue weighted by Gasteiger charge is 2.33. The van der Waals surface area contributed by atoms with Gasteiger partial charge in [0.25, 0.3) is 11.5 Å². The summed E-state index contributed by atoms with van der Waals surface area (Å²) in [6.45, 7) is 8.66. The van der Waals surface area contributed by atoms with Crippen LogP contribution in [0.25, 0.3) is 11.7 Å². The molecule has 2 fully saturated rings. The summed E-state index contributed by atoms with van der Waals surface area (Å²) < 4.78 is 7.38. The van der Waals surface area contributed by atoms with Gasteiger partial charge in [-0.1, -0.05) is 37.0 Å². The monoisotopic (exact) mass is 495 g/mol. The fraction of sp³-hybridized carbons (Fsp3) is 0.333. The molecule has 0 bridgehead atoms. The molecule has 2 saturated heterocycles. The van der Waals surface area contributed by atoms with Crippen LogP contribution in [-0.2, 0) is 11.3 Å². The first-order valence-corrected chi connectivity index (χ1v) is 12.4. The van der Waals surface area contributed by atoms with Crippen molar-refractivity contribution in [2.45, 2.75) is 20.4 Å². The van der Waals surface area contributed by atoms with E-state index in [1.165, 1.54) is 16.7 Å². The normalized spacial score (nSPS) is 18.6. The second-order valence-electron chi connectivity index (χ2n) is 8.36. The van der Waals surface area contributed by atoms with Crippen LogP contribution in [0.4, 0.5) is 5.82 Å². The Labute approximate surface area is 206 Å². The Morgan fingerprint density at radius 2 is 1.97 bits per heavy atom. The number of hydrogen-bond acceptors (Lipinski definition) is 8. The first kappa shape index (κ1) is 22.8. The molecule has 3 aromatic heterocycles. The Balaban J connectivity index is 1.57. The largest absolute Gasteiger partial charge is 0.467 e. The van der Waals surface area contributed by atoms with Crippen LogP contribution in [0.15, 0.2) is 50.8 Å². The number of thioether (sulfide) groups is 1. The molecule has 8 nitrogen and oxygen atoms in total. The van der Waals surface area contributed by atoms with Crippen molar-refractivity contribution in [3.05, 3.63) is 68.9 Å². The van der Waals surface area contributed by atoms with Gasteiger partial charge in [-0.05, 0) is 43.3 Å². The molecule has 2 aliphatic rings. The molecule has 0 aromatic carbocycles. The number of piperazine rings is 1. The average molecular weight is 496 g/mol. The van der Waals surface area contributed by atoms with E-state index in [1.54, 1.807) is 35.1 Å². The van der Waals surface area contributed by atoms with Gasteiger partial charge in [0.05, 0.1) is 23.3 Å². The summed E-state index contributed by atoms with van der Waals surface area (Å²) in [4.78, 5) is 38.1. The predicted octanol–water partition coefficient (Wildman–Crippen LogP) is 3.14. The first-order chi connectivity index (χ1) is 16.4. The molecule has 1 amide bonds. The number of carbonyl (C=O) groups is 1. The number of thiocarbonyl (C=S) groups is 1. The molecule has 0 N–H and O–H groups in total. The highest BCUT2D eigenvalue weighted by Crippen LogP contribution is 2.34. The molecule has 0 saturated carbocycles. The summed E-state index contributed by atoms with van der Waals surface area (Å²) in [5, 5.41) is 0. The molecule has 10 heteroatoms. The van der Waals surface area contributed by atoms with Gasteiger partial charge in [0.15, 0.2) is 0 Å². The van der Waals surface area contributed by atoms with Crippen LogP contribution in [0.3, 0.4) is 0 Å². The number of anilines is 1. The number of fused-ring (bicyclic) bond motifs is 1. The third-order valence-electron chi connectivity index (χ3n) is 6.15. The van der Waals surface area contributed by atoms with Crippen molar-refractivity contribution in [1.29, 1.82) is 0 Å². The number of amides is 1. The van der Waals surface area contributed by atoms with Crippen LogP contribution in [0, 0.1) is 6.92 Å². The van der Waals surface area contributed by atoms with Crippen LogP contribution in [0.1, 0.15) is 23.8 Å². The van der Waals surface area contributed by atoms with Crippen LogP contribution in [-0.4, -0.2) is 62.1 Å². The zero-order valence-electron chi connectivity index (χ0n) is 19.1. The fourth-order valence-electron chi connectivity index (χ4n) is 4.22. The maximum Gasteiger partial charge on any atom is 0.267 e. The highest BCUT2D eigenvalue weighted by molar-refractivity contribution is 8.26. The second kappa shape index (κ2) is 9.36. The highest BCUT2D eigenvalue weighted by atomic mass is 32.2. The molecule has 5 heterocycles. The van der Waals surface area contributed by atoms with Gasteiger partial charge in [-0.2, -0.15) is 0 Å². The summed E-state index contributed by atoms with van der Waals surface area (Å²) in [5.41, 5.74) is 1.76. The van der Waals surface area contributed by atoms with Gasteiger partial charge in [0.2, 0.25) is 0 Å². The number of rotatable bonds is 5. The molecule has 34 heavy (non-hydrogen) atoms. The number of aromatic nitrogens is 2. The van der Waals surface area contributed by atoms with Gasteiger partial charge >= 0.3 is 0 Å². The van der Waals surface area contributed by atoms with Crippen LogP contribution in [0.2, 0.25) is 0 Å². The van der Waals surface area contributed by atoms with E-state index in [0.29, 0.717) is 32.0 Å². The van der Waals surface area contributed by atoms with Crippen LogP contribution < -0.4 is 10.5 Å². The lowest BCUT2D eigenvalue weighted by molar-refractivity contribution is -0.122. The van der Waals surface area contributed by atoms with Crippen LogP contribution in [0.5, 0.6) is 0 Å². The summed E-state index contributed by atoms with van der Waals surface area (Å²) in [5.74, 6) is 1.03. The maximum atomic E-state index is 13.6. The molecule has 0 unspecified atom stereocenters. The Kier molecular flexibility index (Phi) is 6.28. The minimum Gasteiger partial charge on any atom is -0.467 e. The molecular formula is C24H25N5O3S2. The van der Waals surface area contributed by atoms with E-state index in [9.17, 15) is 9.59 Å². The Morgan fingerprint density at radius 3 is 2.68 bits per heavy atom. The molecule has 5 rings (SSSR count). The molecule has 0 aliphatic carbocycles. The van der Waals surface area contributed by atoms with Gasteiger partial charge < -0.3 is 14.2 Å². The molecule has 0 spiro atoms. The second-order valence-corrected chi connectivity index (χ2v) is 10.0. The lowest BCUT2D eigenvalue weighted by atomic mass is 10.2. The molecule has 0 radical (unpaired) electrons. The van der Waals surface area contributed by atoms with Crippen molar-refractivity contribution < 1.29 is 9.21 Å². The number of furan rings is 1. The van der Waals surface area contributed by atoms with Gasteiger partial charge in [-0.25, -0.2) is 4.98 Å². The van der Waals surface area contributed by atoms with E-state index in [-0.39, 0.29) is 18.0 Å². The SMILES string of the molecule is CCN1CCN(c2nc3ccc(C)cn3c(=O)c2/C=C2\SC(=S)N(Cc3ccco3)C2=O)CC1. The van der Waals surface area contributed by atoms with Gasteiger partial charge in [-0.15, -0.1) is 0 Å². The van der Waals surface area contributed by atoms with Crippen molar-refractivity contribution in [3.63, 3.8) is 0 Å². The molecule has 176 valence electrons. The van der Waals surface area contributed by atoms with Gasteiger partial charge in [0.1, 0.15) is 21.5 Å². The summed E-state index contributed by atoms with van der Waals surface area (Å²) >= 11 is 6.67. The molecule has 2 aliphatic heterocycles. The summed E-state index contributed by atoms with van der Waals surface area (Å²) in [7, 11) is 0. The lowest BCUT2D eigenvalue weighted by Crippen LogP contribution is -2.47. The standard InChI is InChI=1S/C24H25N5O3S2/c1-3-26-8-10-27(11-9-26)21-18(22(30)28-14-16(2)6-7-20(28)25-21)13-19-23(31)29(24(33)34-19)15-17-5-4-12-32-17/h4-7,12-14H,3,8-11,15H2,1-2H3/b19-13-. The Morgan fingerprint density at radius 1 is 1.18 bits per heavy atom. The van der Waals surface area contributed by atoms with Crippen molar-refractivity contribution in [1.82, 2.24) is 19.2 Å². The molecular weight excluding hydrogens is 470 g/mol. The Hall–Kier alpha value is -2.95. The van der Waals surface area contributed by atoms with E-state index in [0.717, 1.165) is 38.3 Å². The Bertz CT molecular complexity index is 1340. The van der Waals surface area contributed by atoms with Crippen molar-refractivity contribution in [3.8, 4) is 0 Å². The number of pyridine rings is 1. The fourth-order valence-corrected chi connectivity index (χ4v) is 5.45. The maximum absolute atomic E-state index is 13.6. The lowest BCUT2D eigenvalue weighted by Gasteiger charge is -2.35. The zero-order valence-corrected chi connectivity index (χ0v) is 20.7. The molecule has 3 aromatic rings. The number of hydrogen-bond donors (Lipinski definition) is 0. The van der Waals surface area contributed by atoms with E-state index in [4.69, 9.17) is 21.6 Å². The van der Waals surface area contributed by atoms with E-state index in [2.05, 4.69) is 16.7 Å². The number of carbonyl (C=O) groups excluding carboxylic acids is 1. The number of aryl methyl sites for hydroxylation is 1. The summed E-state index contributed by atoms with van der Waals surface area (Å²) in [6.07, 6.45) is 5.01. The van der Waals surface area contributed by atoms with Crippen LogP contribution >= 0.6 is 24.0 Å². The average Bonchev–Trinajstić information content (AvgIpc) is 3.45. The number of likely N-dealkylation sites (N-methyl/N-ethyl adjacent to an activating group) is 1. The number of nitrogens with zero attached hydrogens (tertiary/aromatic N) is 5. The minimum atomic E-state index is -0.234. The smallest absolute Gasteiger partial charge is 0.267 e. The third-order valence-corrected chi connectivity index (χ3v) is 7.53. The molecule has 0 atom stereocenters. The quantitative estimate of drug-likeness (QED) is 0.395. The van der Waals surface area contributed by atoms with E-state index >= 15 is 0 Å². The van der Waals surface area contributed by atoms with Crippen molar-refractivity contribution in [2.24, 2.45) is 0 Å². The van der Waals surface area contributed by atoms with Gasteiger partial charge in [-0.3, -0.25) is 18.9 Å². The first-order valence-electron chi connectivity index (χ1n) is 11.2. The van der Waals surface area contributed by atoms with E-state index in [1.807, 2.05) is 19.1 Å². The zero-order chi connectivity index (χ0) is 23.8. The summed E-state index contributed by atoms with van der Waals surface area (Å²) in [6, 6.07) is 7.38. The third kappa shape index (κ3) is 4.28. The van der Waals surface area contributed by atoms with Crippen molar-refractivity contribution in [2.75, 3.05) is 37.6 Å². The van der Waals surface area contributed by atoms with Gasteiger partial charge in [0, 0.05) is 32.4 Å². The van der Waals surface area contributed by atoms with E-state index < -0.39 is 0 Å². The van der Waals surface area contributed by atoms with Crippen molar-refractivity contribution >= 4 is 51.7 Å². The topological polar surface area (TPSA) is 74.3 Å². The minimum absolute atomic E-state index is 0.196. The predicted molar refractivity (Wildman–Crippen MR) is 138 cm³/mol.